The summed E-state index contributed by atoms with van der Waals surface area (Å²) in [7, 11) is 1.62. The fraction of sp³-hybridized carbons (Fsp3) is 0.348. The highest BCUT2D eigenvalue weighted by Gasteiger charge is 2.14. The van der Waals surface area contributed by atoms with Gasteiger partial charge in [-0.25, -0.2) is 0 Å². The summed E-state index contributed by atoms with van der Waals surface area (Å²) in [6, 6.07) is 14.4. The lowest BCUT2D eigenvalue weighted by molar-refractivity contribution is -0.887. The number of benzene rings is 2. The first kappa shape index (κ1) is 21.2. The number of halogens is 1. The molecule has 0 bridgehead atoms. The van der Waals surface area contributed by atoms with E-state index in [9.17, 15) is 4.79 Å². The molecule has 4 rings (SSSR count). The number of hydrogen-bond acceptors (Lipinski definition) is 4. The van der Waals surface area contributed by atoms with E-state index in [2.05, 4.69) is 0 Å². The average molecular weight is 416 g/mol. The van der Waals surface area contributed by atoms with Crippen molar-refractivity contribution < 1.29 is 31.2 Å². The van der Waals surface area contributed by atoms with Gasteiger partial charge in [0.05, 0.1) is 38.7 Å². The third kappa shape index (κ3) is 5.11. The van der Waals surface area contributed by atoms with Crippen molar-refractivity contribution in [2.24, 2.45) is 0 Å². The minimum absolute atomic E-state index is 0. The van der Waals surface area contributed by atoms with Crippen molar-refractivity contribution in [2.45, 2.75) is 19.3 Å². The summed E-state index contributed by atoms with van der Waals surface area (Å²) in [6.45, 7) is 4.41. The van der Waals surface area contributed by atoms with E-state index in [0.717, 1.165) is 30.0 Å². The van der Waals surface area contributed by atoms with E-state index in [1.54, 1.807) is 18.1 Å². The fourth-order valence-electron chi connectivity index (χ4n) is 3.76. The first-order chi connectivity index (χ1) is 13.7. The predicted molar refractivity (Wildman–Crippen MR) is 109 cm³/mol. The van der Waals surface area contributed by atoms with Crippen LogP contribution in [0.5, 0.6) is 11.5 Å². The normalized spacial score (nSPS) is 14.0. The Hall–Kier alpha value is -2.50. The molecule has 0 saturated carbocycles. The zero-order chi connectivity index (χ0) is 19.3. The van der Waals surface area contributed by atoms with E-state index in [1.165, 1.54) is 32.0 Å². The van der Waals surface area contributed by atoms with E-state index in [4.69, 9.17) is 13.9 Å². The van der Waals surface area contributed by atoms with E-state index in [1.807, 2.05) is 36.4 Å². The largest absolute Gasteiger partial charge is 1.00 e. The number of likely N-dealkylation sites (tertiary alicyclic amines) is 1. The lowest BCUT2D eigenvalue weighted by Gasteiger charge is -2.12. The highest BCUT2D eigenvalue weighted by molar-refractivity contribution is 5.80. The summed E-state index contributed by atoms with van der Waals surface area (Å²) in [5.74, 6) is 2.03. The van der Waals surface area contributed by atoms with Crippen LogP contribution in [0.4, 0.5) is 0 Å². The quantitative estimate of drug-likeness (QED) is 0.548. The molecule has 3 aromatic rings. The van der Waals surface area contributed by atoms with Crippen molar-refractivity contribution in [3.63, 3.8) is 0 Å². The van der Waals surface area contributed by atoms with Gasteiger partial charge in [-0.2, -0.15) is 0 Å². The molecule has 0 atom stereocenters. The van der Waals surface area contributed by atoms with Gasteiger partial charge in [-0.3, -0.25) is 4.79 Å². The van der Waals surface area contributed by atoms with Crippen LogP contribution in [0.1, 0.15) is 19.3 Å². The molecule has 1 aliphatic rings. The third-order valence-electron chi connectivity index (χ3n) is 5.33. The summed E-state index contributed by atoms with van der Waals surface area (Å²) in [5.41, 5.74) is 1.32. The zero-order valence-electron chi connectivity index (χ0n) is 16.6. The average Bonchev–Trinajstić information content (AvgIpc) is 3.24. The summed E-state index contributed by atoms with van der Waals surface area (Å²) < 4.78 is 17.1. The summed E-state index contributed by atoms with van der Waals surface area (Å²) in [5, 5.41) is 0.561. The smallest absolute Gasteiger partial charge is 0.193 e. The maximum absolute atomic E-state index is 12.5. The molecule has 0 unspecified atom stereocenters. The fourth-order valence-corrected chi connectivity index (χ4v) is 3.76. The molecular formula is C23H26ClNO4. The molecule has 0 aliphatic carbocycles. The molecule has 154 valence electrons. The van der Waals surface area contributed by atoms with Crippen molar-refractivity contribution in [3.05, 3.63) is 58.8 Å². The monoisotopic (exact) mass is 415 g/mol. The minimum Gasteiger partial charge on any atom is -1.00 e. The summed E-state index contributed by atoms with van der Waals surface area (Å²) in [4.78, 5) is 14.2. The minimum atomic E-state index is -0.0590. The Labute approximate surface area is 176 Å². The first-order valence-electron chi connectivity index (χ1n) is 9.91. The van der Waals surface area contributed by atoms with E-state index < -0.39 is 0 Å². The Bertz CT molecular complexity index is 994. The van der Waals surface area contributed by atoms with Crippen molar-refractivity contribution in [2.75, 3.05) is 33.4 Å². The number of quaternary nitrogens is 1. The maximum Gasteiger partial charge on any atom is 0.193 e. The standard InChI is InChI=1S/C23H25NO4.ClH/c1-26-18-7-5-17(6-8-18)22-16-21(25)20-10-9-19(15-23(20)28-22)27-14-4-13-24-11-2-3-12-24;/h5-10,15-16H,2-4,11-14H2,1H3;1H. The zero-order valence-corrected chi connectivity index (χ0v) is 17.3. The number of hydrogen-bond donors (Lipinski definition) is 1. The van der Waals surface area contributed by atoms with Crippen LogP contribution >= 0.6 is 0 Å². The molecule has 1 aliphatic heterocycles. The molecule has 0 spiro atoms. The van der Waals surface area contributed by atoms with Gasteiger partial charge < -0.3 is 31.2 Å². The topological polar surface area (TPSA) is 53.1 Å². The van der Waals surface area contributed by atoms with Crippen LogP contribution in [0.3, 0.4) is 0 Å². The Morgan fingerprint density at radius 1 is 1.00 bits per heavy atom. The molecule has 0 amide bonds. The molecule has 29 heavy (non-hydrogen) atoms. The van der Waals surface area contributed by atoms with Crippen LogP contribution in [0.15, 0.2) is 57.7 Å². The molecular weight excluding hydrogens is 390 g/mol. The maximum atomic E-state index is 12.5. The van der Waals surface area contributed by atoms with Crippen LogP contribution in [-0.2, 0) is 0 Å². The lowest BCUT2D eigenvalue weighted by atomic mass is 10.1. The van der Waals surface area contributed by atoms with Gasteiger partial charge in [0.2, 0.25) is 0 Å². The highest BCUT2D eigenvalue weighted by Crippen LogP contribution is 2.26. The van der Waals surface area contributed by atoms with Crippen molar-refractivity contribution >= 4 is 11.0 Å². The Morgan fingerprint density at radius 2 is 1.72 bits per heavy atom. The molecule has 1 N–H and O–H groups in total. The molecule has 1 saturated heterocycles. The van der Waals surface area contributed by atoms with Gasteiger partial charge in [0.1, 0.15) is 22.8 Å². The van der Waals surface area contributed by atoms with Gasteiger partial charge in [-0.1, -0.05) is 0 Å². The number of nitrogens with one attached hydrogen (secondary N) is 1. The Balaban J connectivity index is 0.00000240. The van der Waals surface area contributed by atoms with E-state index >= 15 is 0 Å². The second-order valence-electron chi connectivity index (χ2n) is 7.27. The molecule has 1 aromatic heterocycles. The van der Waals surface area contributed by atoms with Crippen LogP contribution in [-0.4, -0.2) is 33.4 Å². The molecule has 2 heterocycles. The van der Waals surface area contributed by atoms with Gasteiger partial charge in [-0.05, 0) is 36.4 Å². The van der Waals surface area contributed by atoms with Crippen molar-refractivity contribution in [1.82, 2.24) is 0 Å². The Morgan fingerprint density at radius 3 is 2.45 bits per heavy atom. The molecule has 0 radical (unpaired) electrons. The van der Waals surface area contributed by atoms with Crippen molar-refractivity contribution in [1.29, 1.82) is 0 Å². The van der Waals surface area contributed by atoms with Crippen LogP contribution < -0.4 is 32.2 Å². The number of fused-ring (bicyclic) bond motifs is 1. The number of methoxy groups -OCH3 is 1. The molecule has 5 nitrogen and oxygen atoms in total. The summed E-state index contributed by atoms with van der Waals surface area (Å²) >= 11 is 0. The highest BCUT2D eigenvalue weighted by atomic mass is 35.5. The van der Waals surface area contributed by atoms with Gasteiger partial charge in [0, 0.05) is 37.0 Å². The van der Waals surface area contributed by atoms with Crippen LogP contribution in [0.25, 0.3) is 22.3 Å². The van der Waals surface area contributed by atoms with Gasteiger partial charge in [0.25, 0.3) is 0 Å². The molecule has 1 fully saturated rings. The second-order valence-corrected chi connectivity index (χ2v) is 7.27. The van der Waals surface area contributed by atoms with E-state index in [-0.39, 0.29) is 17.8 Å². The number of rotatable bonds is 7. The third-order valence-corrected chi connectivity index (χ3v) is 5.33. The van der Waals surface area contributed by atoms with Gasteiger partial charge >= 0.3 is 0 Å². The van der Waals surface area contributed by atoms with E-state index in [0.29, 0.717) is 23.3 Å². The molecule has 6 heteroatoms. The SMILES string of the molecule is COc1ccc(-c2cc(=O)c3ccc(OCCC[NH+]4CCCC4)cc3o2)cc1.[Cl-]. The summed E-state index contributed by atoms with van der Waals surface area (Å²) in [6.07, 6.45) is 3.72. The predicted octanol–water partition coefficient (Wildman–Crippen LogP) is -0.0798. The Kier molecular flexibility index (Phi) is 7.18. The lowest BCUT2D eigenvalue weighted by Crippen LogP contribution is -3.10. The first-order valence-corrected chi connectivity index (χ1v) is 9.91. The van der Waals surface area contributed by atoms with Gasteiger partial charge in [-0.15, -0.1) is 0 Å². The number of ether oxygens (including phenoxy) is 2. The van der Waals surface area contributed by atoms with Crippen molar-refractivity contribution in [3.8, 4) is 22.8 Å². The van der Waals surface area contributed by atoms with Crippen LogP contribution in [0.2, 0.25) is 0 Å². The van der Waals surface area contributed by atoms with Crippen LogP contribution in [0, 0.1) is 0 Å². The molecule has 2 aromatic carbocycles. The second kappa shape index (κ2) is 9.81. The van der Waals surface area contributed by atoms with Gasteiger partial charge in [0.15, 0.2) is 5.43 Å².